The number of aromatic nitrogens is 1. The summed E-state index contributed by atoms with van der Waals surface area (Å²) < 4.78 is 18.3. The van der Waals surface area contributed by atoms with Crippen molar-refractivity contribution in [1.82, 2.24) is 5.16 Å². The largest absolute Gasteiger partial charge is 0.476 e. The fraction of sp³-hybridized carbons (Fsp3) is 0.0909. The second-order valence-corrected chi connectivity index (χ2v) is 3.31. The zero-order chi connectivity index (χ0) is 11.7. The first-order chi connectivity index (χ1) is 7.59. The van der Waals surface area contributed by atoms with Crippen molar-refractivity contribution >= 4 is 5.97 Å². The van der Waals surface area contributed by atoms with Crippen molar-refractivity contribution in [3.8, 4) is 11.3 Å². The smallest absolute Gasteiger partial charge is 0.358 e. The molecule has 1 heterocycles. The van der Waals surface area contributed by atoms with E-state index < -0.39 is 11.8 Å². The molecule has 1 aromatic heterocycles. The Kier molecular flexibility index (Phi) is 2.44. The number of benzene rings is 1. The van der Waals surface area contributed by atoms with Gasteiger partial charge >= 0.3 is 5.97 Å². The third kappa shape index (κ3) is 1.67. The van der Waals surface area contributed by atoms with Gasteiger partial charge in [0, 0.05) is 6.07 Å². The third-order valence-corrected chi connectivity index (χ3v) is 2.20. The van der Waals surface area contributed by atoms with Gasteiger partial charge in [0.1, 0.15) is 5.82 Å². The number of aryl methyl sites for hydroxylation is 1. The highest BCUT2D eigenvalue weighted by molar-refractivity contribution is 5.86. The van der Waals surface area contributed by atoms with Crippen molar-refractivity contribution in [3.63, 3.8) is 0 Å². The lowest BCUT2D eigenvalue weighted by Gasteiger charge is -2.01. The molecular formula is C11H8FNO3. The summed E-state index contributed by atoms with van der Waals surface area (Å²) in [7, 11) is 0. The lowest BCUT2D eigenvalue weighted by atomic mass is 10.1. The highest BCUT2D eigenvalue weighted by Crippen LogP contribution is 2.26. The quantitative estimate of drug-likeness (QED) is 0.846. The van der Waals surface area contributed by atoms with E-state index in [4.69, 9.17) is 9.63 Å². The summed E-state index contributed by atoms with van der Waals surface area (Å²) in [6.45, 7) is 1.71. The predicted octanol–water partition coefficient (Wildman–Crippen LogP) is 2.49. The van der Waals surface area contributed by atoms with Crippen LogP contribution in [-0.4, -0.2) is 16.2 Å². The Hall–Kier alpha value is -2.17. The first-order valence-electron chi connectivity index (χ1n) is 4.55. The summed E-state index contributed by atoms with van der Waals surface area (Å²) in [5.74, 6) is -1.55. The Morgan fingerprint density at radius 3 is 2.81 bits per heavy atom. The summed E-state index contributed by atoms with van der Waals surface area (Å²) in [5, 5.41) is 12.0. The Labute approximate surface area is 90.3 Å². The van der Waals surface area contributed by atoms with Crippen LogP contribution in [-0.2, 0) is 0 Å². The van der Waals surface area contributed by atoms with E-state index >= 15 is 0 Å². The number of carbonyl (C=O) groups is 1. The molecule has 0 aliphatic carbocycles. The molecule has 0 aliphatic heterocycles. The van der Waals surface area contributed by atoms with Crippen LogP contribution in [0.25, 0.3) is 11.3 Å². The van der Waals surface area contributed by atoms with Crippen LogP contribution in [0.1, 0.15) is 16.1 Å². The van der Waals surface area contributed by atoms with Crippen molar-refractivity contribution in [2.75, 3.05) is 0 Å². The molecule has 0 spiro atoms. The van der Waals surface area contributed by atoms with Crippen LogP contribution < -0.4 is 0 Å². The number of hydrogen-bond acceptors (Lipinski definition) is 3. The number of nitrogens with zero attached hydrogens (tertiary/aromatic N) is 1. The number of rotatable bonds is 2. The number of carboxylic acid groups (broad SMARTS) is 1. The SMILES string of the molecule is Cc1cccc(F)c1-c1cc(C(=O)O)no1. The maximum Gasteiger partial charge on any atom is 0.358 e. The van der Waals surface area contributed by atoms with Crippen LogP contribution in [0.4, 0.5) is 4.39 Å². The molecule has 4 nitrogen and oxygen atoms in total. The van der Waals surface area contributed by atoms with Gasteiger partial charge in [-0.15, -0.1) is 0 Å². The van der Waals surface area contributed by atoms with Crippen LogP contribution in [0.3, 0.4) is 0 Å². The fourth-order valence-corrected chi connectivity index (χ4v) is 1.44. The minimum Gasteiger partial charge on any atom is -0.476 e. The van der Waals surface area contributed by atoms with Crippen molar-refractivity contribution in [3.05, 3.63) is 41.3 Å². The highest BCUT2D eigenvalue weighted by Gasteiger charge is 2.16. The van der Waals surface area contributed by atoms with Gasteiger partial charge in [-0.05, 0) is 18.6 Å². The van der Waals surface area contributed by atoms with Gasteiger partial charge in [0.15, 0.2) is 11.5 Å². The molecule has 0 atom stereocenters. The fourth-order valence-electron chi connectivity index (χ4n) is 1.44. The zero-order valence-corrected chi connectivity index (χ0v) is 8.40. The standard InChI is InChI=1S/C11H8FNO3/c1-6-3-2-4-7(12)10(6)9-5-8(11(14)15)13-16-9/h2-5H,1H3,(H,14,15). The molecule has 0 saturated heterocycles. The average molecular weight is 221 g/mol. The Morgan fingerprint density at radius 2 is 2.25 bits per heavy atom. The van der Waals surface area contributed by atoms with E-state index in [1.807, 2.05) is 0 Å². The van der Waals surface area contributed by atoms with Gasteiger partial charge in [0.2, 0.25) is 0 Å². The molecular weight excluding hydrogens is 213 g/mol. The molecule has 0 bridgehead atoms. The van der Waals surface area contributed by atoms with E-state index in [0.717, 1.165) is 0 Å². The lowest BCUT2D eigenvalue weighted by Crippen LogP contribution is -1.94. The number of halogens is 1. The maximum atomic E-state index is 13.5. The average Bonchev–Trinajstić information content (AvgIpc) is 2.66. The second kappa shape index (κ2) is 3.77. The molecule has 1 N–H and O–H groups in total. The summed E-state index contributed by atoms with van der Waals surface area (Å²) in [4.78, 5) is 10.6. The molecule has 2 aromatic rings. The molecule has 0 unspecified atom stereocenters. The molecule has 0 fully saturated rings. The molecule has 0 radical (unpaired) electrons. The normalized spacial score (nSPS) is 10.4. The maximum absolute atomic E-state index is 13.5. The molecule has 1 aromatic carbocycles. The van der Waals surface area contributed by atoms with Crippen LogP contribution in [0, 0.1) is 12.7 Å². The van der Waals surface area contributed by atoms with Gasteiger partial charge in [0.25, 0.3) is 0 Å². The van der Waals surface area contributed by atoms with Crippen molar-refractivity contribution < 1.29 is 18.8 Å². The van der Waals surface area contributed by atoms with Crippen LogP contribution in [0.2, 0.25) is 0 Å². The summed E-state index contributed by atoms with van der Waals surface area (Å²) in [6, 6.07) is 5.77. The monoisotopic (exact) mass is 221 g/mol. The lowest BCUT2D eigenvalue weighted by molar-refractivity contribution is 0.0686. The third-order valence-electron chi connectivity index (χ3n) is 2.20. The molecule has 2 rings (SSSR count). The van der Waals surface area contributed by atoms with Crippen molar-refractivity contribution in [2.24, 2.45) is 0 Å². The van der Waals surface area contributed by atoms with E-state index in [1.54, 1.807) is 19.1 Å². The first kappa shape index (κ1) is 10.4. The van der Waals surface area contributed by atoms with E-state index in [2.05, 4.69) is 5.16 Å². The summed E-state index contributed by atoms with van der Waals surface area (Å²) >= 11 is 0. The molecule has 0 amide bonds. The van der Waals surface area contributed by atoms with E-state index in [0.29, 0.717) is 5.56 Å². The zero-order valence-electron chi connectivity index (χ0n) is 8.40. The Morgan fingerprint density at radius 1 is 1.50 bits per heavy atom. The van der Waals surface area contributed by atoms with Gasteiger partial charge in [-0.3, -0.25) is 0 Å². The van der Waals surface area contributed by atoms with Gasteiger partial charge in [0.05, 0.1) is 5.56 Å². The van der Waals surface area contributed by atoms with E-state index in [1.165, 1.54) is 12.1 Å². The minimum atomic E-state index is -1.20. The topological polar surface area (TPSA) is 63.3 Å². The summed E-state index contributed by atoms with van der Waals surface area (Å²) in [5.41, 5.74) is 0.660. The molecule has 16 heavy (non-hydrogen) atoms. The summed E-state index contributed by atoms with van der Waals surface area (Å²) in [6.07, 6.45) is 0. The molecule has 0 aliphatic rings. The number of hydrogen-bond donors (Lipinski definition) is 1. The Balaban J connectivity index is 2.54. The predicted molar refractivity (Wildman–Crippen MR) is 53.6 cm³/mol. The van der Waals surface area contributed by atoms with Crippen LogP contribution in [0.15, 0.2) is 28.8 Å². The Bertz CT molecular complexity index is 528. The first-order valence-corrected chi connectivity index (χ1v) is 4.55. The molecule has 82 valence electrons. The molecule has 0 saturated carbocycles. The molecule has 5 heteroatoms. The number of carboxylic acids is 1. The van der Waals surface area contributed by atoms with Gasteiger partial charge in [-0.1, -0.05) is 17.3 Å². The number of aromatic carboxylic acids is 1. The van der Waals surface area contributed by atoms with Crippen LogP contribution >= 0.6 is 0 Å². The minimum absolute atomic E-state index is 0.119. The van der Waals surface area contributed by atoms with E-state index in [-0.39, 0.29) is 17.0 Å². The van der Waals surface area contributed by atoms with Crippen LogP contribution in [0.5, 0.6) is 0 Å². The van der Waals surface area contributed by atoms with Gasteiger partial charge in [-0.25, -0.2) is 9.18 Å². The van der Waals surface area contributed by atoms with Gasteiger partial charge in [-0.2, -0.15) is 0 Å². The van der Waals surface area contributed by atoms with E-state index in [9.17, 15) is 9.18 Å². The second-order valence-electron chi connectivity index (χ2n) is 3.31. The van der Waals surface area contributed by atoms with Crippen molar-refractivity contribution in [1.29, 1.82) is 0 Å². The van der Waals surface area contributed by atoms with Crippen molar-refractivity contribution in [2.45, 2.75) is 6.92 Å². The van der Waals surface area contributed by atoms with Gasteiger partial charge < -0.3 is 9.63 Å². The highest BCUT2D eigenvalue weighted by atomic mass is 19.1.